The standard InChI is InChI=1S/C16H21FN2O2/c1-16(2,19-5-7-20-8-6-19)15(18)14-10-11-9-12(17)3-4-13(11)21-14/h3-4,9-10,15H,5-8,18H2,1-2H3. The van der Waals surface area contributed by atoms with E-state index in [1.165, 1.54) is 12.1 Å². The number of hydrogen-bond donors (Lipinski definition) is 1. The number of nitrogens with zero attached hydrogens (tertiary/aromatic N) is 1. The van der Waals surface area contributed by atoms with Crippen LogP contribution in [-0.2, 0) is 4.74 Å². The van der Waals surface area contributed by atoms with Gasteiger partial charge in [-0.1, -0.05) is 0 Å². The summed E-state index contributed by atoms with van der Waals surface area (Å²) >= 11 is 0. The van der Waals surface area contributed by atoms with E-state index in [9.17, 15) is 4.39 Å². The maximum Gasteiger partial charge on any atom is 0.134 e. The first-order valence-electron chi connectivity index (χ1n) is 7.26. The van der Waals surface area contributed by atoms with E-state index in [0.29, 0.717) is 11.3 Å². The van der Waals surface area contributed by atoms with Crippen molar-refractivity contribution in [1.82, 2.24) is 4.90 Å². The molecule has 0 aliphatic carbocycles. The molecule has 3 rings (SSSR count). The van der Waals surface area contributed by atoms with E-state index >= 15 is 0 Å². The van der Waals surface area contributed by atoms with Crippen LogP contribution < -0.4 is 5.73 Å². The first-order valence-corrected chi connectivity index (χ1v) is 7.26. The van der Waals surface area contributed by atoms with Gasteiger partial charge in [0.25, 0.3) is 0 Å². The molecule has 1 saturated heterocycles. The lowest BCUT2D eigenvalue weighted by molar-refractivity contribution is -0.0211. The second-order valence-corrected chi connectivity index (χ2v) is 6.06. The van der Waals surface area contributed by atoms with E-state index in [1.54, 1.807) is 6.07 Å². The number of benzene rings is 1. The third-order valence-corrected chi connectivity index (χ3v) is 4.39. The van der Waals surface area contributed by atoms with Crippen molar-refractivity contribution < 1.29 is 13.5 Å². The molecule has 2 N–H and O–H groups in total. The summed E-state index contributed by atoms with van der Waals surface area (Å²) in [5.41, 5.74) is 6.85. The van der Waals surface area contributed by atoms with Gasteiger partial charge in [-0.2, -0.15) is 0 Å². The largest absolute Gasteiger partial charge is 0.459 e. The highest BCUT2D eigenvalue weighted by molar-refractivity contribution is 5.78. The number of nitrogens with two attached hydrogens (primary N) is 1. The van der Waals surface area contributed by atoms with Gasteiger partial charge in [-0.15, -0.1) is 0 Å². The molecule has 1 fully saturated rings. The van der Waals surface area contributed by atoms with Crippen molar-refractivity contribution >= 4 is 11.0 Å². The van der Waals surface area contributed by atoms with Gasteiger partial charge in [0, 0.05) is 24.0 Å². The summed E-state index contributed by atoms with van der Waals surface area (Å²) in [4.78, 5) is 2.31. The van der Waals surface area contributed by atoms with Crippen LogP contribution in [-0.4, -0.2) is 36.7 Å². The Labute approximate surface area is 123 Å². The smallest absolute Gasteiger partial charge is 0.134 e. The summed E-state index contributed by atoms with van der Waals surface area (Å²) in [7, 11) is 0. The first-order chi connectivity index (χ1) is 9.98. The minimum atomic E-state index is -0.286. The van der Waals surface area contributed by atoms with Gasteiger partial charge in [0.2, 0.25) is 0 Å². The van der Waals surface area contributed by atoms with Crippen molar-refractivity contribution in [2.24, 2.45) is 5.73 Å². The molecule has 0 amide bonds. The minimum Gasteiger partial charge on any atom is -0.459 e. The van der Waals surface area contributed by atoms with E-state index in [-0.39, 0.29) is 17.4 Å². The van der Waals surface area contributed by atoms with Crippen LogP contribution in [0.4, 0.5) is 4.39 Å². The zero-order valence-electron chi connectivity index (χ0n) is 12.4. The van der Waals surface area contributed by atoms with E-state index in [1.807, 2.05) is 6.07 Å². The highest BCUT2D eigenvalue weighted by Crippen LogP contribution is 2.33. The van der Waals surface area contributed by atoms with Crippen molar-refractivity contribution in [2.75, 3.05) is 26.3 Å². The molecule has 1 atom stereocenters. The Morgan fingerprint density at radius 2 is 1.95 bits per heavy atom. The van der Waals surface area contributed by atoms with E-state index in [2.05, 4.69) is 18.7 Å². The van der Waals surface area contributed by atoms with Crippen LogP contribution in [0.15, 0.2) is 28.7 Å². The molecule has 1 aliphatic rings. The van der Waals surface area contributed by atoms with Crippen molar-refractivity contribution in [3.05, 3.63) is 35.8 Å². The first kappa shape index (κ1) is 14.5. The molecule has 0 spiro atoms. The van der Waals surface area contributed by atoms with Crippen LogP contribution in [0.1, 0.15) is 25.6 Å². The summed E-state index contributed by atoms with van der Waals surface area (Å²) < 4.78 is 24.5. The molecule has 0 saturated carbocycles. The molecule has 1 unspecified atom stereocenters. The molecule has 1 aromatic carbocycles. The lowest BCUT2D eigenvalue weighted by atomic mass is 9.90. The van der Waals surface area contributed by atoms with Gasteiger partial charge in [0.05, 0.1) is 19.3 Å². The van der Waals surface area contributed by atoms with Gasteiger partial charge in [0.1, 0.15) is 17.2 Å². The second kappa shape index (κ2) is 5.40. The van der Waals surface area contributed by atoms with Gasteiger partial charge in [-0.05, 0) is 38.1 Å². The number of morpholine rings is 1. The maximum atomic E-state index is 13.3. The SMILES string of the molecule is CC(C)(C(N)c1cc2cc(F)ccc2o1)N1CCOCC1. The fourth-order valence-electron chi connectivity index (χ4n) is 2.87. The Balaban J connectivity index is 1.89. The minimum absolute atomic E-state index is 0.254. The second-order valence-electron chi connectivity index (χ2n) is 6.06. The molecule has 114 valence electrons. The molecular weight excluding hydrogens is 271 g/mol. The Bertz CT molecular complexity index is 632. The van der Waals surface area contributed by atoms with E-state index < -0.39 is 0 Å². The Morgan fingerprint density at radius 1 is 1.24 bits per heavy atom. The predicted molar refractivity (Wildman–Crippen MR) is 79.6 cm³/mol. The van der Waals surface area contributed by atoms with Gasteiger partial charge >= 0.3 is 0 Å². The molecule has 2 aromatic rings. The fourth-order valence-corrected chi connectivity index (χ4v) is 2.87. The fraction of sp³-hybridized carbons (Fsp3) is 0.500. The highest BCUT2D eigenvalue weighted by atomic mass is 19.1. The summed E-state index contributed by atoms with van der Waals surface area (Å²) in [6.07, 6.45) is 0. The number of hydrogen-bond acceptors (Lipinski definition) is 4. The third kappa shape index (κ3) is 2.69. The number of ether oxygens (including phenoxy) is 1. The molecule has 21 heavy (non-hydrogen) atoms. The summed E-state index contributed by atoms with van der Waals surface area (Å²) in [5.74, 6) is 0.419. The monoisotopic (exact) mass is 292 g/mol. The Hall–Kier alpha value is -1.43. The van der Waals surface area contributed by atoms with E-state index in [4.69, 9.17) is 14.9 Å². The molecule has 1 aromatic heterocycles. The van der Waals surface area contributed by atoms with Gasteiger partial charge in [-0.25, -0.2) is 4.39 Å². The van der Waals surface area contributed by atoms with Crippen LogP contribution in [0.25, 0.3) is 11.0 Å². The maximum absolute atomic E-state index is 13.3. The summed E-state index contributed by atoms with van der Waals surface area (Å²) in [6.45, 7) is 7.38. The molecule has 1 aliphatic heterocycles. The molecule has 0 bridgehead atoms. The van der Waals surface area contributed by atoms with Crippen LogP contribution in [0.2, 0.25) is 0 Å². The number of rotatable bonds is 3. The lowest BCUT2D eigenvalue weighted by Crippen LogP contribution is -2.55. The van der Waals surface area contributed by atoms with Crippen LogP contribution in [0.3, 0.4) is 0 Å². The van der Waals surface area contributed by atoms with E-state index in [0.717, 1.165) is 31.7 Å². The average molecular weight is 292 g/mol. The van der Waals surface area contributed by atoms with Gasteiger partial charge < -0.3 is 14.9 Å². The Morgan fingerprint density at radius 3 is 2.67 bits per heavy atom. The molecule has 4 nitrogen and oxygen atoms in total. The van der Waals surface area contributed by atoms with Crippen molar-refractivity contribution in [2.45, 2.75) is 25.4 Å². The number of halogens is 1. The quantitative estimate of drug-likeness (QED) is 0.945. The number of fused-ring (bicyclic) bond motifs is 1. The van der Waals surface area contributed by atoms with Gasteiger partial charge in [0.15, 0.2) is 0 Å². The topological polar surface area (TPSA) is 51.6 Å². The van der Waals surface area contributed by atoms with Crippen LogP contribution in [0.5, 0.6) is 0 Å². The normalized spacial score (nSPS) is 19.0. The summed E-state index contributed by atoms with van der Waals surface area (Å²) in [5, 5.41) is 0.748. The van der Waals surface area contributed by atoms with Crippen LogP contribution in [0, 0.1) is 5.82 Å². The molecule has 0 radical (unpaired) electrons. The summed E-state index contributed by atoms with van der Waals surface area (Å²) in [6, 6.07) is 6.06. The third-order valence-electron chi connectivity index (χ3n) is 4.39. The molecular formula is C16H21FN2O2. The number of furan rings is 1. The zero-order chi connectivity index (χ0) is 15.0. The van der Waals surface area contributed by atoms with Crippen molar-refractivity contribution in [1.29, 1.82) is 0 Å². The zero-order valence-corrected chi connectivity index (χ0v) is 12.4. The van der Waals surface area contributed by atoms with Gasteiger partial charge in [-0.3, -0.25) is 4.90 Å². The molecule has 5 heteroatoms. The lowest BCUT2D eigenvalue weighted by Gasteiger charge is -2.43. The highest BCUT2D eigenvalue weighted by Gasteiger charge is 2.36. The molecule has 2 heterocycles. The van der Waals surface area contributed by atoms with Crippen LogP contribution >= 0.6 is 0 Å². The Kier molecular flexibility index (Phi) is 3.73. The van der Waals surface area contributed by atoms with Crippen molar-refractivity contribution in [3.8, 4) is 0 Å². The average Bonchev–Trinajstić information content (AvgIpc) is 2.90. The predicted octanol–water partition coefficient (Wildman–Crippen LogP) is 2.68. The van der Waals surface area contributed by atoms with Crippen molar-refractivity contribution in [3.63, 3.8) is 0 Å².